The Balaban J connectivity index is 2.80. The Morgan fingerprint density at radius 2 is 2.42 bits per heavy atom. The third kappa shape index (κ3) is 0.868. The van der Waals surface area contributed by atoms with Gasteiger partial charge in [0.25, 0.3) is 0 Å². The van der Waals surface area contributed by atoms with Gasteiger partial charge in [-0.25, -0.2) is 0 Å². The Morgan fingerprint density at radius 3 is 3.17 bits per heavy atom. The van der Waals surface area contributed by atoms with Crippen molar-refractivity contribution in [2.45, 2.75) is 0 Å². The molecule has 0 saturated carbocycles. The van der Waals surface area contributed by atoms with Crippen molar-refractivity contribution in [3.8, 4) is 5.75 Å². The largest absolute Gasteiger partial charge is 0.493 e. The lowest BCUT2D eigenvalue weighted by molar-refractivity contribution is 0.417. The van der Waals surface area contributed by atoms with Crippen LogP contribution in [0.15, 0.2) is 18.6 Å². The van der Waals surface area contributed by atoms with Crippen LogP contribution in [-0.4, -0.2) is 21.7 Å². The number of methoxy groups -OCH3 is 1. The normalized spacial score (nSPS) is 10.4. The van der Waals surface area contributed by atoms with E-state index in [9.17, 15) is 0 Å². The molecule has 0 aliphatic heterocycles. The van der Waals surface area contributed by atoms with Gasteiger partial charge < -0.3 is 10.5 Å². The third-order valence-electron chi connectivity index (χ3n) is 1.60. The Hall–Kier alpha value is -1.78. The van der Waals surface area contributed by atoms with Crippen LogP contribution in [-0.2, 0) is 0 Å². The molecule has 0 aliphatic rings. The van der Waals surface area contributed by atoms with Crippen LogP contribution < -0.4 is 10.5 Å². The fourth-order valence-corrected chi connectivity index (χ4v) is 1.08. The van der Waals surface area contributed by atoms with Crippen LogP contribution in [0.1, 0.15) is 0 Å². The van der Waals surface area contributed by atoms with Crippen LogP contribution in [0.2, 0.25) is 0 Å². The van der Waals surface area contributed by atoms with Crippen LogP contribution in [0.5, 0.6) is 5.75 Å². The van der Waals surface area contributed by atoms with Gasteiger partial charge in [-0.3, -0.25) is 4.40 Å². The van der Waals surface area contributed by atoms with Gasteiger partial charge in [0.05, 0.1) is 12.8 Å². The first-order valence-electron chi connectivity index (χ1n) is 3.44. The molecular formula is C7H8N4O. The van der Waals surface area contributed by atoms with Crippen LogP contribution >= 0.6 is 0 Å². The van der Waals surface area contributed by atoms with Crippen molar-refractivity contribution in [2.24, 2.45) is 0 Å². The van der Waals surface area contributed by atoms with E-state index in [1.165, 1.54) is 0 Å². The zero-order chi connectivity index (χ0) is 8.55. The maximum atomic E-state index is 5.60. The molecule has 62 valence electrons. The molecule has 5 heteroatoms. The van der Waals surface area contributed by atoms with Crippen LogP contribution in [0.3, 0.4) is 0 Å². The van der Waals surface area contributed by atoms with Crippen molar-refractivity contribution in [1.82, 2.24) is 14.6 Å². The SMILES string of the molecule is COc1cc(N)cn2cnnc12. The minimum Gasteiger partial charge on any atom is -0.493 e. The van der Waals surface area contributed by atoms with Gasteiger partial charge in [-0.15, -0.1) is 10.2 Å². The summed E-state index contributed by atoms with van der Waals surface area (Å²) in [5, 5.41) is 7.59. The first-order valence-corrected chi connectivity index (χ1v) is 3.44. The molecule has 0 aliphatic carbocycles. The van der Waals surface area contributed by atoms with Gasteiger partial charge in [-0.1, -0.05) is 0 Å². The summed E-state index contributed by atoms with van der Waals surface area (Å²) in [4.78, 5) is 0. The summed E-state index contributed by atoms with van der Waals surface area (Å²) in [6.07, 6.45) is 3.31. The molecule has 2 N–H and O–H groups in total. The highest BCUT2D eigenvalue weighted by Crippen LogP contribution is 2.19. The standard InChI is InChI=1S/C7H8N4O/c1-12-6-2-5(8)3-11-4-9-10-7(6)11/h2-4H,8H2,1H3. The molecule has 0 fully saturated rings. The smallest absolute Gasteiger partial charge is 0.203 e. The average molecular weight is 164 g/mol. The number of hydrogen-bond acceptors (Lipinski definition) is 4. The van der Waals surface area contributed by atoms with Crippen LogP contribution in [0, 0.1) is 0 Å². The Labute approximate surface area is 68.8 Å². The predicted octanol–water partition coefficient (Wildman–Crippen LogP) is 0.320. The van der Waals surface area contributed by atoms with E-state index in [4.69, 9.17) is 10.5 Å². The Bertz CT molecular complexity index is 409. The van der Waals surface area contributed by atoms with Crippen molar-refractivity contribution in [2.75, 3.05) is 12.8 Å². The molecule has 12 heavy (non-hydrogen) atoms. The van der Waals surface area contributed by atoms with Gasteiger partial charge in [0.2, 0.25) is 5.65 Å². The number of ether oxygens (including phenoxy) is 1. The van der Waals surface area contributed by atoms with Crippen LogP contribution in [0.25, 0.3) is 5.65 Å². The highest BCUT2D eigenvalue weighted by Gasteiger charge is 2.03. The summed E-state index contributed by atoms with van der Waals surface area (Å²) >= 11 is 0. The zero-order valence-electron chi connectivity index (χ0n) is 6.56. The average Bonchev–Trinajstić information content (AvgIpc) is 2.50. The predicted molar refractivity (Wildman–Crippen MR) is 44.0 cm³/mol. The summed E-state index contributed by atoms with van der Waals surface area (Å²) in [6, 6.07) is 1.71. The van der Waals surface area contributed by atoms with E-state index in [1.807, 2.05) is 0 Å². The van der Waals surface area contributed by atoms with Gasteiger partial charge in [0.1, 0.15) is 6.33 Å². The quantitative estimate of drug-likeness (QED) is 0.659. The number of nitrogen functional groups attached to an aromatic ring is 1. The topological polar surface area (TPSA) is 65.4 Å². The number of fused-ring (bicyclic) bond motifs is 1. The van der Waals surface area contributed by atoms with E-state index in [1.54, 1.807) is 30.1 Å². The first-order chi connectivity index (χ1) is 5.81. The third-order valence-corrected chi connectivity index (χ3v) is 1.60. The molecule has 0 aromatic carbocycles. The monoisotopic (exact) mass is 164 g/mol. The van der Waals surface area contributed by atoms with Gasteiger partial charge in [-0.05, 0) is 0 Å². The highest BCUT2D eigenvalue weighted by molar-refractivity contribution is 5.58. The second-order valence-corrected chi connectivity index (χ2v) is 2.40. The molecule has 0 bridgehead atoms. The van der Waals surface area contributed by atoms with Gasteiger partial charge in [0, 0.05) is 12.3 Å². The number of rotatable bonds is 1. The highest BCUT2D eigenvalue weighted by atomic mass is 16.5. The Kier molecular flexibility index (Phi) is 1.36. The lowest BCUT2D eigenvalue weighted by Gasteiger charge is -2.01. The summed E-state index contributed by atoms with van der Waals surface area (Å²) in [6.45, 7) is 0. The molecular weight excluding hydrogens is 156 g/mol. The number of nitrogens with zero attached hydrogens (tertiary/aromatic N) is 3. The van der Waals surface area contributed by atoms with E-state index < -0.39 is 0 Å². The summed E-state index contributed by atoms with van der Waals surface area (Å²) in [5.74, 6) is 0.632. The van der Waals surface area contributed by atoms with E-state index in [0.29, 0.717) is 17.1 Å². The number of nitrogens with two attached hydrogens (primary N) is 1. The summed E-state index contributed by atoms with van der Waals surface area (Å²) in [5.41, 5.74) is 6.90. The zero-order valence-corrected chi connectivity index (χ0v) is 6.56. The van der Waals surface area contributed by atoms with Crippen molar-refractivity contribution < 1.29 is 4.74 Å². The van der Waals surface area contributed by atoms with E-state index in [2.05, 4.69) is 10.2 Å². The lowest BCUT2D eigenvalue weighted by atomic mass is 10.4. The number of anilines is 1. The maximum Gasteiger partial charge on any atom is 0.203 e. The van der Waals surface area contributed by atoms with E-state index in [-0.39, 0.29) is 0 Å². The summed E-state index contributed by atoms with van der Waals surface area (Å²) < 4.78 is 6.78. The number of aromatic nitrogens is 3. The minimum absolute atomic E-state index is 0.624. The van der Waals surface area contributed by atoms with Gasteiger partial charge >= 0.3 is 0 Å². The van der Waals surface area contributed by atoms with Crippen molar-refractivity contribution >= 4 is 11.3 Å². The first kappa shape index (κ1) is 6.90. The molecule has 0 saturated heterocycles. The fourth-order valence-electron chi connectivity index (χ4n) is 1.08. The molecule has 0 spiro atoms. The maximum absolute atomic E-state index is 5.60. The molecule has 2 rings (SSSR count). The van der Waals surface area contributed by atoms with Crippen molar-refractivity contribution in [3.05, 3.63) is 18.6 Å². The van der Waals surface area contributed by atoms with E-state index in [0.717, 1.165) is 0 Å². The number of pyridine rings is 1. The molecule has 5 nitrogen and oxygen atoms in total. The molecule has 0 atom stereocenters. The molecule has 2 heterocycles. The lowest BCUT2D eigenvalue weighted by Crippen LogP contribution is -1.94. The van der Waals surface area contributed by atoms with Gasteiger partial charge in [-0.2, -0.15) is 0 Å². The minimum atomic E-state index is 0.624. The fraction of sp³-hybridized carbons (Fsp3) is 0.143. The second kappa shape index (κ2) is 2.37. The van der Waals surface area contributed by atoms with Crippen molar-refractivity contribution in [3.63, 3.8) is 0 Å². The van der Waals surface area contributed by atoms with Crippen molar-refractivity contribution in [1.29, 1.82) is 0 Å². The number of hydrogen-bond donors (Lipinski definition) is 1. The van der Waals surface area contributed by atoms with Crippen LogP contribution in [0.4, 0.5) is 5.69 Å². The molecule has 2 aromatic heterocycles. The molecule has 0 radical (unpaired) electrons. The molecule has 0 unspecified atom stereocenters. The van der Waals surface area contributed by atoms with Gasteiger partial charge in [0.15, 0.2) is 5.75 Å². The molecule has 0 amide bonds. The summed E-state index contributed by atoms with van der Waals surface area (Å²) in [7, 11) is 1.57. The second-order valence-electron chi connectivity index (χ2n) is 2.40. The Morgan fingerprint density at radius 1 is 1.58 bits per heavy atom. The van der Waals surface area contributed by atoms with E-state index >= 15 is 0 Å². The molecule has 2 aromatic rings.